The molecule has 4 heteroatoms. The molecule has 1 rings (SSSR count). The van der Waals surface area contributed by atoms with Crippen LogP contribution in [0.25, 0.3) is 0 Å². The van der Waals surface area contributed by atoms with E-state index in [4.69, 9.17) is 9.84 Å². The Labute approximate surface area is 94.2 Å². The number of halogens is 2. The third kappa shape index (κ3) is 3.67. The maximum atomic E-state index is 9.01. The van der Waals surface area contributed by atoms with Crippen LogP contribution < -0.4 is 4.74 Å². The summed E-state index contributed by atoms with van der Waals surface area (Å²) in [6.45, 7) is 1.99. The molecule has 0 unspecified atom stereocenters. The second-order valence-electron chi connectivity index (χ2n) is 2.73. The standard InChI is InChI=1S/C9H10Br2O2/c1-6(12)5-13-9-3-2-7(10)4-8(9)11/h2-4,6,12H,5H2,1H3/t6-/m0/s1. The van der Waals surface area contributed by atoms with Gasteiger partial charge in [-0.25, -0.2) is 0 Å². The normalized spacial score (nSPS) is 12.6. The van der Waals surface area contributed by atoms with Crippen molar-refractivity contribution in [2.45, 2.75) is 13.0 Å². The lowest BCUT2D eigenvalue weighted by Crippen LogP contribution is -2.12. The van der Waals surface area contributed by atoms with Crippen molar-refractivity contribution in [2.75, 3.05) is 6.61 Å². The van der Waals surface area contributed by atoms with E-state index in [0.717, 1.165) is 14.7 Å². The van der Waals surface area contributed by atoms with E-state index in [1.54, 1.807) is 6.92 Å². The van der Waals surface area contributed by atoms with Gasteiger partial charge in [-0.1, -0.05) is 15.9 Å². The van der Waals surface area contributed by atoms with Crippen LogP contribution in [0.15, 0.2) is 27.1 Å². The summed E-state index contributed by atoms with van der Waals surface area (Å²) in [7, 11) is 0. The summed E-state index contributed by atoms with van der Waals surface area (Å²) in [5.74, 6) is 0.740. The quantitative estimate of drug-likeness (QED) is 0.930. The van der Waals surface area contributed by atoms with Crippen LogP contribution in [0.4, 0.5) is 0 Å². The molecule has 72 valence electrons. The minimum Gasteiger partial charge on any atom is -0.490 e. The SMILES string of the molecule is C[C@H](O)COc1ccc(Br)cc1Br. The van der Waals surface area contributed by atoms with Crippen LogP contribution in [-0.2, 0) is 0 Å². The smallest absolute Gasteiger partial charge is 0.133 e. The number of rotatable bonds is 3. The molecular weight excluding hydrogens is 300 g/mol. The second-order valence-corrected chi connectivity index (χ2v) is 4.50. The average Bonchev–Trinajstić information content (AvgIpc) is 2.02. The van der Waals surface area contributed by atoms with Crippen LogP contribution >= 0.6 is 31.9 Å². The fraction of sp³-hybridized carbons (Fsp3) is 0.333. The van der Waals surface area contributed by atoms with E-state index in [9.17, 15) is 0 Å². The molecule has 0 aliphatic heterocycles. The minimum atomic E-state index is -0.449. The molecular formula is C9H10Br2O2. The van der Waals surface area contributed by atoms with E-state index in [2.05, 4.69) is 31.9 Å². The highest BCUT2D eigenvalue weighted by Gasteiger charge is 2.02. The lowest BCUT2D eigenvalue weighted by atomic mass is 10.3. The van der Waals surface area contributed by atoms with Crippen molar-refractivity contribution in [2.24, 2.45) is 0 Å². The maximum absolute atomic E-state index is 9.01. The largest absolute Gasteiger partial charge is 0.490 e. The van der Waals surface area contributed by atoms with Gasteiger partial charge in [0.25, 0.3) is 0 Å². The first kappa shape index (κ1) is 11.0. The first-order valence-electron chi connectivity index (χ1n) is 3.85. The van der Waals surface area contributed by atoms with Crippen LogP contribution in [0.3, 0.4) is 0 Å². The van der Waals surface area contributed by atoms with Crippen molar-refractivity contribution in [1.29, 1.82) is 0 Å². The van der Waals surface area contributed by atoms with E-state index in [-0.39, 0.29) is 0 Å². The van der Waals surface area contributed by atoms with Crippen molar-refractivity contribution in [1.82, 2.24) is 0 Å². The molecule has 0 heterocycles. The monoisotopic (exact) mass is 308 g/mol. The predicted octanol–water partition coefficient (Wildman–Crippen LogP) is 2.97. The molecule has 0 fully saturated rings. The summed E-state index contributed by atoms with van der Waals surface area (Å²) < 4.78 is 7.20. The second kappa shape index (κ2) is 4.98. The molecule has 13 heavy (non-hydrogen) atoms. The van der Waals surface area contributed by atoms with Gasteiger partial charge in [-0.05, 0) is 41.1 Å². The lowest BCUT2D eigenvalue weighted by molar-refractivity contribution is 0.122. The summed E-state index contributed by atoms with van der Waals surface area (Å²) in [5, 5.41) is 9.01. The van der Waals surface area contributed by atoms with Gasteiger partial charge in [0.15, 0.2) is 0 Å². The molecule has 0 saturated heterocycles. The average molecular weight is 310 g/mol. The molecule has 0 aromatic heterocycles. The van der Waals surface area contributed by atoms with E-state index >= 15 is 0 Å². The van der Waals surface area contributed by atoms with Crippen molar-refractivity contribution in [3.05, 3.63) is 27.1 Å². The van der Waals surface area contributed by atoms with Crippen molar-refractivity contribution in [3.8, 4) is 5.75 Å². The number of aliphatic hydroxyl groups excluding tert-OH is 1. The zero-order valence-corrected chi connectivity index (χ0v) is 10.3. The first-order chi connectivity index (χ1) is 6.09. The molecule has 0 aliphatic carbocycles. The number of hydrogen-bond donors (Lipinski definition) is 1. The van der Waals surface area contributed by atoms with Gasteiger partial charge in [0.05, 0.1) is 10.6 Å². The van der Waals surface area contributed by atoms with Crippen molar-refractivity contribution < 1.29 is 9.84 Å². The van der Waals surface area contributed by atoms with E-state index < -0.39 is 6.10 Å². The van der Waals surface area contributed by atoms with Gasteiger partial charge in [-0.2, -0.15) is 0 Å². The summed E-state index contributed by atoms with van der Waals surface area (Å²) in [6.07, 6.45) is -0.449. The Hall–Kier alpha value is -0.0600. The Morgan fingerprint density at radius 2 is 2.15 bits per heavy atom. The zero-order chi connectivity index (χ0) is 9.84. The summed E-state index contributed by atoms with van der Waals surface area (Å²) in [6, 6.07) is 5.63. The molecule has 0 aliphatic rings. The molecule has 1 atom stereocenters. The van der Waals surface area contributed by atoms with Crippen LogP contribution in [-0.4, -0.2) is 17.8 Å². The molecule has 0 spiro atoms. The van der Waals surface area contributed by atoms with Crippen LogP contribution in [0.1, 0.15) is 6.92 Å². The molecule has 1 aromatic carbocycles. The Bertz CT molecular complexity index is 287. The zero-order valence-electron chi connectivity index (χ0n) is 7.13. The van der Waals surface area contributed by atoms with Gasteiger partial charge in [-0.3, -0.25) is 0 Å². The third-order valence-corrected chi connectivity index (χ3v) is 2.49. The Morgan fingerprint density at radius 1 is 1.46 bits per heavy atom. The lowest BCUT2D eigenvalue weighted by Gasteiger charge is -2.09. The Kier molecular flexibility index (Phi) is 4.22. The fourth-order valence-electron chi connectivity index (χ4n) is 0.803. The van der Waals surface area contributed by atoms with Gasteiger partial charge in [0, 0.05) is 4.47 Å². The number of aliphatic hydroxyl groups is 1. The molecule has 1 N–H and O–H groups in total. The fourth-order valence-corrected chi connectivity index (χ4v) is 1.96. The highest BCUT2D eigenvalue weighted by Crippen LogP contribution is 2.28. The van der Waals surface area contributed by atoms with Gasteiger partial charge in [-0.15, -0.1) is 0 Å². The molecule has 0 amide bonds. The van der Waals surface area contributed by atoms with E-state index in [1.807, 2.05) is 18.2 Å². The van der Waals surface area contributed by atoms with E-state index in [0.29, 0.717) is 6.61 Å². The first-order valence-corrected chi connectivity index (χ1v) is 5.44. The number of benzene rings is 1. The molecule has 2 nitrogen and oxygen atoms in total. The minimum absolute atomic E-state index is 0.306. The number of hydrogen-bond acceptors (Lipinski definition) is 2. The maximum Gasteiger partial charge on any atom is 0.133 e. The summed E-state index contributed by atoms with van der Waals surface area (Å²) in [5.41, 5.74) is 0. The van der Waals surface area contributed by atoms with Crippen LogP contribution in [0.5, 0.6) is 5.75 Å². The van der Waals surface area contributed by atoms with Crippen LogP contribution in [0, 0.1) is 0 Å². The van der Waals surface area contributed by atoms with Gasteiger partial charge >= 0.3 is 0 Å². The van der Waals surface area contributed by atoms with E-state index in [1.165, 1.54) is 0 Å². The van der Waals surface area contributed by atoms with Gasteiger partial charge < -0.3 is 9.84 Å². The van der Waals surface area contributed by atoms with Gasteiger partial charge in [0.2, 0.25) is 0 Å². The molecule has 1 aromatic rings. The van der Waals surface area contributed by atoms with Crippen LogP contribution in [0.2, 0.25) is 0 Å². The highest BCUT2D eigenvalue weighted by molar-refractivity contribution is 9.11. The molecule has 0 saturated carbocycles. The molecule has 0 radical (unpaired) electrons. The van der Waals surface area contributed by atoms with Crippen molar-refractivity contribution in [3.63, 3.8) is 0 Å². The summed E-state index contributed by atoms with van der Waals surface area (Å²) in [4.78, 5) is 0. The molecule has 0 bridgehead atoms. The van der Waals surface area contributed by atoms with Gasteiger partial charge in [0.1, 0.15) is 12.4 Å². The van der Waals surface area contributed by atoms with Crippen molar-refractivity contribution >= 4 is 31.9 Å². The third-order valence-electron chi connectivity index (χ3n) is 1.37. The Morgan fingerprint density at radius 3 is 2.69 bits per heavy atom. The topological polar surface area (TPSA) is 29.5 Å². The predicted molar refractivity (Wildman–Crippen MR) is 59.0 cm³/mol. The Balaban J connectivity index is 2.67. The highest BCUT2D eigenvalue weighted by atomic mass is 79.9. The summed E-state index contributed by atoms with van der Waals surface area (Å²) >= 11 is 6.70. The number of ether oxygens (including phenoxy) is 1.